The molecule has 6 heteroatoms. The molecule has 0 atom stereocenters. The van der Waals surface area contributed by atoms with Gasteiger partial charge < -0.3 is 10.8 Å². The molecule has 0 aromatic heterocycles. The van der Waals surface area contributed by atoms with Crippen LogP contribution in [0.25, 0.3) is 0 Å². The van der Waals surface area contributed by atoms with Crippen LogP contribution in [-0.4, -0.2) is 25.2 Å². The van der Waals surface area contributed by atoms with E-state index in [-0.39, 0.29) is 22.0 Å². The maximum atomic E-state index is 11.5. The third-order valence-corrected chi connectivity index (χ3v) is 3.70. The van der Waals surface area contributed by atoms with Gasteiger partial charge in [0.1, 0.15) is 5.75 Å². The van der Waals surface area contributed by atoms with Gasteiger partial charge in [0, 0.05) is 0 Å². The highest BCUT2D eigenvalue weighted by Gasteiger charge is 2.15. The highest BCUT2D eigenvalue weighted by molar-refractivity contribution is 7.91. The first-order valence-electron chi connectivity index (χ1n) is 4.24. The maximum Gasteiger partial charge on any atom is 0.252 e. The van der Waals surface area contributed by atoms with Gasteiger partial charge in [-0.2, -0.15) is 0 Å². The third kappa shape index (κ3) is 2.27. The van der Waals surface area contributed by atoms with E-state index in [2.05, 4.69) is 0 Å². The molecule has 0 saturated carbocycles. The van der Waals surface area contributed by atoms with Crippen molar-refractivity contribution >= 4 is 15.7 Å². The fourth-order valence-electron chi connectivity index (χ4n) is 1.07. The van der Waals surface area contributed by atoms with Crippen LogP contribution in [-0.2, 0) is 9.84 Å². The van der Waals surface area contributed by atoms with Gasteiger partial charge in [-0.15, -0.1) is 0 Å². The fraction of sp³-hybridized carbons (Fsp3) is 0.222. The molecule has 0 spiro atoms. The molecule has 82 valence electrons. The van der Waals surface area contributed by atoms with E-state index in [4.69, 9.17) is 5.73 Å². The predicted octanol–water partition coefficient (Wildman–Crippen LogP) is 0.285. The normalized spacial score (nSPS) is 11.3. The number of hydrogen-bond donors (Lipinski definition) is 2. The second-order valence-corrected chi connectivity index (χ2v) is 5.22. The molecule has 1 rings (SSSR count). The van der Waals surface area contributed by atoms with E-state index < -0.39 is 15.7 Å². The summed E-state index contributed by atoms with van der Waals surface area (Å²) < 4.78 is 22.9. The van der Waals surface area contributed by atoms with Gasteiger partial charge in [-0.25, -0.2) is 8.42 Å². The van der Waals surface area contributed by atoms with Crippen molar-refractivity contribution in [2.75, 3.05) is 5.75 Å². The monoisotopic (exact) mass is 229 g/mol. The third-order valence-electron chi connectivity index (χ3n) is 1.97. The molecule has 0 heterocycles. The van der Waals surface area contributed by atoms with Gasteiger partial charge in [-0.05, 0) is 18.2 Å². The highest BCUT2D eigenvalue weighted by atomic mass is 32.2. The number of phenols is 1. The van der Waals surface area contributed by atoms with E-state index >= 15 is 0 Å². The molecule has 15 heavy (non-hydrogen) atoms. The highest BCUT2D eigenvalue weighted by Crippen LogP contribution is 2.21. The maximum absolute atomic E-state index is 11.5. The summed E-state index contributed by atoms with van der Waals surface area (Å²) >= 11 is 0. The lowest BCUT2D eigenvalue weighted by Crippen LogP contribution is -2.13. The van der Waals surface area contributed by atoms with Crippen molar-refractivity contribution in [2.45, 2.75) is 11.8 Å². The van der Waals surface area contributed by atoms with E-state index in [9.17, 15) is 18.3 Å². The van der Waals surface area contributed by atoms with E-state index in [1.54, 1.807) is 0 Å². The summed E-state index contributed by atoms with van der Waals surface area (Å²) in [6.07, 6.45) is 0. The van der Waals surface area contributed by atoms with Crippen LogP contribution in [0.1, 0.15) is 17.3 Å². The van der Waals surface area contributed by atoms with Gasteiger partial charge in [-0.3, -0.25) is 4.79 Å². The summed E-state index contributed by atoms with van der Waals surface area (Å²) in [6, 6.07) is 3.46. The van der Waals surface area contributed by atoms with Crippen LogP contribution < -0.4 is 5.73 Å². The molecule has 0 radical (unpaired) electrons. The molecule has 1 aromatic carbocycles. The lowest BCUT2D eigenvalue weighted by molar-refractivity contribution is 0.0997. The number of amides is 1. The SMILES string of the molecule is CCS(=O)(=O)c1ccc(O)c(C(N)=O)c1. The first-order chi connectivity index (χ1) is 6.88. The zero-order valence-electron chi connectivity index (χ0n) is 8.10. The summed E-state index contributed by atoms with van der Waals surface area (Å²) in [5.74, 6) is -1.26. The minimum absolute atomic E-state index is 0.0170. The van der Waals surface area contributed by atoms with Crippen LogP contribution in [0.3, 0.4) is 0 Å². The topological polar surface area (TPSA) is 97.5 Å². The summed E-state index contributed by atoms with van der Waals surface area (Å²) in [7, 11) is -3.39. The number of carbonyl (C=O) groups excluding carboxylic acids is 1. The van der Waals surface area contributed by atoms with Crippen molar-refractivity contribution in [3.8, 4) is 5.75 Å². The fourth-order valence-corrected chi connectivity index (χ4v) is 1.98. The summed E-state index contributed by atoms with van der Waals surface area (Å²) in [5, 5.41) is 9.25. The average molecular weight is 229 g/mol. The van der Waals surface area contributed by atoms with Crippen LogP contribution in [0.4, 0.5) is 0 Å². The van der Waals surface area contributed by atoms with Crippen LogP contribution in [0.5, 0.6) is 5.75 Å². The first kappa shape index (κ1) is 11.5. The first-order valence-corrected chi connectivity index (χ1v) is 5.89. The van der Waals surface area contributed by atoms with E-state index in [1.807, 2.05) is 0 Å². The molecule has 1 amide bonds. The zero-order valence-corrected chi connectivity index (χ0v) is 8.91. The van der Waals surface area contributed by atoms with Crippen molar-refractivity contribution < 1.29 is 18.3 Å². The Morgan fingerprint density at radius 2 is 2.07 bits per heavy atom. The molecular formula is C9H11NO4S. The number of nitrogens with two attached hydrogens (primary N) is 1. The van der Waals surface area contributed by atoms with Crippen LogP contribution in [0.2, 0.25) is 0 Å². The molecule has 0 bridgehead atoms. The van der Waals surface area contributed by atoms with E-state index in [1.165, 1.54) is 13.0 Å². The lowest BCUT2D eigenvalue weighted by atomic mass is 10.2. The standard InChI is InChI=1S/C9H11NO4S/c1-2-15(13,14)6-3-4-8(11)7(5-6)9(10)12/h3-5,11H,2H2,1H3,(H2,10,12). The quantitative estimate of drug-likeness (QED) is 0.778. The molecule has 0 aliphatic carbocycles. The van der Waals surface area contributed by atoms with Crippen molar-refractivity contribution in [3.63, 3.8) is 0 Å². The number of rotatable bonds is 3. The Morgan fingerprint density at radius 3 is 2.53 bits per heavy atom. The Morgan fingerprint density at radius 1 is 1.47 bits per heavy atom. The van der Waals surface area contributed by atoms with Gasteiger partial charge in [-0.1, -0.05) is 6.92 Å². The Kier molecular flexibility index (Phi) is 2.99. The number of carbonyl (C=O) groups is 1. The summed E-state index contributed by atoms with van der Waals surface area (Å²) in [4.78, 5) is 10.8. The Hall–Kier alpha value is -1.56. The number of sulfone groups is 1. The molecule has 5 nitrogen and oxygen atoms in total. The number of hydrogen-bond acceptors (Lipinski definition) is 4. The number of benzene rings is 1. The Balaban J connectivity index is 3.38. The van der Waals surface area contributed by atoms with E-state index in [0.29, 0.717) is 0 Å². The summed E-state index contributed by atoms with van der Waals surface area (Å²) in [5.41, 5.74) is 4.78. The van der Waals surface area contributed by atoms with Gasteiger partial charge in [0.15, 0.2) is 9.84 Å². The van der Waals surface area contributed by atoms with Gasteiger partial charge in [0.2, 0.25) is 0 Å². The average Bonchev–Trinajstić information content (AvgIpc) is 2.17. The minimum atomic E-state index is -3.39. The molecule has 0 unspecified atom stereocenters. The summed E-state index contributed by atoms with van der Waals surface area (Å²) in [6.45, 7) is 1.49. The molecule has 0 aliphatic heterocycles. The van der Waals surface area contributed by atoms with Crippen molar-refractivity contribution in [1.29, 1.82) is 0 Å². The number of aromatic hydroxyl groups is 1. The smallest absolute Gasteiger partial charge is 0.252 e. The van der Waals surface area contributed by atoms with Crippen LogP contribution in [0, 0.1) is 0 Å². The molecular weight excluding hydrogens is 218 g/mol. The van der Waals surface area contributed by atoms with Crippen LogP contribution in [0.15, 0.2) is 23.1 Å². The zero-order chi connectivity index (χ0) is 11.6. The predicted molar refractivity (Wildman–Crippen MR) is 54.4 cm³/mol. The Bertz CT molecular complexity index is 493. The largest absolute Gasteiger partial charge is 0.507 e. The molecule has 1 aromatic rings. The number of primary amides is 1. The van der Waals surface area contributed by atoms with E-state index in [0.717, 1.165) is 12.1 Å². The Labute approximate surface area is 87.4 Å². The molecule has 0 aliphatic rings. The molecule has 0 saturated heterocycles. The van der Waals surface area contributed by atoms with Crippen LogP contribution >= 0.6 is 0 Å². The van der Waals surface area contributed by atoms with Gasteiger partial charge in [0.25, 0.3) is 5.91 Å². The van der Waals surface area contributed by atoms with Crippen molar-refractivity contribution in [3.05, 3.63) is 23.8 Å². The van der Waals surface area contributed by atoms with Crippen molar-refractivity contribution in [2.24, 2.45) is 5.73 Å². The minimum Gasteiger partial charge on any atom is -0.507 e. The second kappa shape index (κ2) is 3.90. The lowest BCUT2D eigenvalue weighted by Gasteiger charge is -2.04. The molecule has 0 fully saturated rings. The second-order valence-electron chi connectivity index (χ2n) is 2.95. The van der Waals surface area contributed by atoms with Crippen molar-refractivity contribution in [1.82, 2.24) is 0 Å². The molecule has 3 N–H and O–H groups in total. The van der Waals surface area contributed by atoms with Gasteiger partial charge in [0.05, 0.1) is 16.2 Å². The van der Waals surface area contributed by atoms with Gasteiger partial charge >= 0.3 is 0 Å².